The standard InChI is InChI=1S/C56H50N2/c1-39(2)36-52(40(3)4)45-26-24-44(25-27-45)47-31-35-56-54(38-47)53-37-46(30-34-55(53)58(56)50-18-12-7-13-19-50)43-22-20-41(21-23-43)42-28-32-51(33-29-42)57(48-14-8-5-9-15-48)49-16-10-6-11-17-49/h5-35,37-40,52H,36H2,1-4H3. The Morgan fingerprint density at radius 2 is 0.776 bits per heavy atom. The van der Waals surface area contributed by atoms with Crippen LogP contribution in [0.2, 0.25) is 0 Å². The Morgan fingerprint density at radius 3 is 1.22 bits per heavy atom. The monoisotopic (exact) mass is 750 g/mol. The summed E-state index contributed by atoms with van der Waals surface area (Å²) in [5, 5.41) is 2.52. The van der Waals surface area contributed by atoms with Crippen LogP contribution in [0.5, 0.6) is 0 Å². The van der Waals surface area contributed by atoms with Gasteiger partial charge in [-0.05, 0) is 136 Å². The van der Waals surface area contributed by atoms with Gasteiger partial charge >= 0.3 is 0 Å². The zero-order valence-electron chi connectivity index (χ0n) is 33.9. The van der Waals surface area contributed by atoms with Gasteiger partial charge in [-0.15, -0.1) is 0 Å². The molecule has 0 amide bonds. The van der Waals surface area contributed by atoms with E-state index in [-0.39, 0.29) is 0 Å². The number of aromatic nitrogens is 1. The van der Waals surface area contributed by atoms with E-state index in [1.165, 1.54) is 72.9 Å². The number of benzene rings is 8. The molecule has 0 N–H and O–H groups in total. The average molecular weight is 751 g/mol. The molecule has 1 unspecified atom stereocenters. The lowest BCUT2D eigenvalue weighted by molar-refractivity contribution is 0.408. The van der Waals surface area contributed by atoms with Crippen molar-refractivity contribution in [3.8, 4) is 39.1 Å². The molecule has 9 rings (SSSR count). The second-order valence-electron chi connectivity index (χ2n) is 16.4. The molecule has 0 saturated heterocycles. The highest BCUT2D eigenvalue weighted by atomic mass is 15.1. The Balaban J connectivity index is 1.05. The lowest BCUT2D eigenvalue weighted by Gasteiger charge is -2.25. The van der Waals surface area contributed by atoms with E-state index < -0.39 is 0 Å². The maximum absolute atomic E-state index is 2.41. The summed E-state index contributed by atoms with van der Waals surface area (Å²) in [6.45, 7) is 9.37. The van der Waals surface area contributed by atoms with Gasteiger partial charge < -0.3 is 9.47 Å². The predicted molar refractivity (Wildman–Crippen MR) is 249 cm³/mol. The van der Waals surface area contributed by atoms with Gasteiger partial charge in [0.15, 0.2) is 0 Å². The second kappa shape index (κ2) is 16.1. The third kappa shape index (κ3) is 7.35. The maximum atomic E-state index is 2.41. The zero-order chi connectivity index (χ0) is 39.6. The quantitative estimate of drug-likeness (QED) is 0.128. The fraction of sp³-hybridized carbons (Fsp3) is 0.143. The number of para-hydroxylation sites is 3. The Kier molecular flexibility index (Phi) is 10.2. The lowest BCUT2D eigenvalue weighted by atomic mass is 9.82. The predicted octanol–water partition coefficient (Wildman–Crippen LogP) is 16.0. The summed E-state index contributed by atoms with van der Waals surface area (Å²) < 4.78 is 2.41. The Hall–Kier alpha value is -6.64. The van der Waals surface area contributed by atoms with Gasteiger partial charge in [0.1, 0.15) is 0 Å². The van der Waals surface area contributed by atoms with Crippen LogP contribution in [-0.2, 0) is 0 Å². The Morgan fingerprint density at radius 1 is 0.397 bits per heavy atom. The van der Waals surface area contributed by atoms with Gasteiger partial charge in [0, 0.05) is 33.5 Å². The fourth-order valence-corrected chi connectivity index (χ4v) is 8.72. The summed E-state index contributed by atoms with van der Waals surface area (Å²) in [5.74, 6) is 1.86. The molecule has 0 aliphatic heterocycles. The van der Waals surface area contributed by atoms with Crippen molar-refractivity contribution in [3.63, 3.8) is 0 Å². The first-order valence-electron chi connectivity index (χ1n) is 20.8. The normalized spacial score (nSPS) is 12.1. The largest absolute Gasteiger partial charge is 0.311 e. The van der Waals surface area contributed by atoms with Gasteiger partial charge in [-0.25, -0.2) is 0 Å². The van der Waals surface area contributed by atoms with Crippen molar-refractivity contribution in [3.05, 3.63) is 206 Å². The minimum atomic E-state index is 0.573. The summed E-state index contributed by atoms with van der Waals surface area (Å²) in [5.41, 5.74) is 15.7. The van der Waals surface area contributed by atoms with Crippen molar-refractivity contribution in [2.45, 2.75) is 40.0 Å². The third-order valence-corrected chi connectivity index (χ3v) is 11.7. The molecule has 1 atom stereocenters. The van der Waals surface area contributed by atoms with Crippen LogP contribution in [0.15, 0.2) is 200 Å². The molecular weight excluding hydrogens is 701 g/mol. The molecule has 0 saturated carbocycles. The van der Waals surface area contributed by atoms with E-state index >= 15 is 0 Å². The van der Waals surface area contributed by atoms with Crippen molar-refractivity contribution >= 4 is 38.9 Å². The molecule has 284 valence electrons. The molecule has 2 nitrogen and oxygen atoms in total. The molecule has 0 aliphatic rings. The van der Waals surface area contributed by atoms with Gasteiger partial charge in [-0.1, -0.05) is 155 Å². The van der Waals surface area contributed by atoms with Crippen molar-refractivity contribution in [2.24, 2.45) is 11.8 Å². The highest BCUT2D eigenvalue weighted by Crippen LogP contribution is 2.39. The summed E-state index contributed by atoms with van der Waals surface area (Å²) in [7, 11) is 0. The van der Waals surface area contributed by atoms with Crippen LogP contribution in [0, 0.1) is 11.8 Å². The van der Waals surface area contributed by atoms with E-state index in [1.54, 1.807) is 0 Å². The maximum Gasteiger partial charge on any atom is 0.0541 e. The molecule has 9 aromatic rings. The molecule has 0 aliphatic carbocycles. The summed E-state index contributed by atoms with van der Waals surface area (Å²) in [4.78, 5) is 2.30. The number of fused-ring (bicyclic) bond motifs is 3. The lowest BCUT2D eigenvalue weighted by Crippen LogP contribution is -2.09. The number of anilines is 3. The van der Waals surface area contributed by atoms with Gasteiger partial charge in [0.05, 0.1) is 11.0 Å². The van der Waals surface area contributed by atoms with E-state index in [0.717, 1.165) is 17.1 Å². The topological polar surface area (TPSA) is 8.17 Å². The van der Waals surface area contributed by atoms with Crippen LogP contribution in [0.1, 0.15) is 45.6 Å². The molecular formula is C56H50N2. The van der Waals surface area contributed by atoms with Crippen LogP contribution in [0.3, 0.4) is 0 Å². The van der Waals surface area contributed by atoms with Crippen LogP contribution >= 0.6 is 0 Å². The van der Waals surface area contributed by atoms with E-state index in [1.807, 2.05) is 0 Å². The number of hydrogen-bond acceptors (Lipinski definition) is 1. The minimum Gasteiger partial charge on any atom is -0.311 e. The van der Waals surface area contributed by atoms with Gasteiger partial charge in [-0.3, -0.25) is 0 Å². The molecule has 0 radical (unpaired) electrons. The van der Waals surface area contributed by atoms with E-state index in [0.29, 0.717) is 17.8 Å². The van der Waals surface area contributed by atoms with Crippen LogP contribution in [0.25, 0.3) is 60.9 Å². The Bertz CT molecular complexity index is 2720. The van der Waals surface area contributed by atoms with Gasteiger partial charge in [0.25, 0.3) is 0 Å². The van der Waals surface area contributed by atoms with Gasteiger partial charge in [0.2, 0.25) is 0 Å². The van der Waals surface area contributed by atoms with Crippen molar-refractivity contribution < 1.29 is 0 Å². The molecule has 8 aromatic carbocycles. The number of rotatable bonds is 11. The van der Waals surface area contributed by atoms with Crippen molar-refractivity contribution in [1.82, 2.24) is 4.57 Å². The van der Waals surface area contributed by atoms with Crippen molar-refractivity contribution in [1.29, 1.82) is 0 Å². The highest BCUT2D eigenvalue weighted by Gasteiger charge is 2.19. The second-order valence-corrected chi connectivity index (χ2v) is 16.4. The molecule has 1 heterocycles. The van der Waals surface area contributed by atoms with E-state index in [9.17, 15) is 0 Å². The molecule has 2 heteroatoms. The fourth-order valence-electron chi connectivity index (χ4n) is 8.72. The van der Waals surface area contributed by atoms with Crippen LogP contribution in [-0.4, -0.2) is 4.57 Å². The SMILES string of the molecule is CC(C)CC(c1ccc(-c2ccc3c(c2)c2cc(-c4ccc(-c5ccc(N(c6ccccc6)c6ccccc6)cc5)cc4)ccc2n3-c2ccccc2)cc1)C(C)C. The molecule has 0 spiro atoms. The number of hydrogen-bond donors (Lipinski definition) is 0. The smallest absolute Gasteiger partial charge is 0.0541 e. The first-order valence-corrected chi connectivity index (χ1v) is 20.8. The zero-order valence-corrected chi connectivity index (χ0v) is 33.9. The van der Waals surface area contributed by atoms with Crippen molar-refractivity contribution in [2.75, 3.05) is 4.90 Å². The summed E-state index contributed by atoms with van der Waals surface area (Å²) in [6.07, 6.45) is 1.21. The third-order valence-electron chi connectivity index (χ3n) is 11.7. The number of nitrogens with zero attached hydrogens (tertiary/aromatic N) is 2. The first kappa shape index (κ1) is 37.0. The molecule has 1 aromatic heterocycles. The van der Waals surface area contributed by atoms with Crippen LogP contribution in [0.4, 0.5) is 17.1 Å². The highest BCUT2D eigenvalue weighted by molar-refractivity contribution is 6.11. The molecule has 58 heavy (non-hydrogen) atoms. The Labute approximate surface area is 343 Å². The molecule has 0 fully saturated rings. The van der Waals surface area contributed by atoms with Crippen LogP contribution < -0.4 is 4.90 Å². The minimum absolute atomic E-state index is 0.573. The van der Waals surface area contributed by atoms with Gasteiger partial charge in [-0.2, -0.15) is 0 Å². The van der Waals surface area contributed by atoms with E-state index in [2.05, 4.69) is 237 Å². The summed E-state index contributed by atoms with van der Waals surface area (Å²) in [6, 6.07) is 73.1. The first-order chi connectivity index (χ1) is 28.4. The summed E-state index contributed by atoms with van der Waals surface area (Å²) >= 11 is 0. The van der Waals surface area contributed by atoms with E-state index in [4.69, 9.17) is 0 Å². The molecule has 0 bridgehead atoms. The average Bonchev–Trinajstić information content (AvgIpc) is 3.60.